The Balaban J connectivity index is 2.36. The number of hydrogen-bond acceptors (Lipinski definition) is 4. The minimum Gasteiger partial charge on any atom is -0.391 e. The van der Waals surface area contributed by atoms with Crippen molar-refractivity contribution < 1.29 is 9.53 Å². The largest absolute Gasteiger partial charge is 0.391 e. The van der Waals surface area contributed by atoms with E-state index >= 15 is 0 Å². The standard InChI is InChI=1S/C12H23N3O2S/c1-9(12(14)18)17-7-6-15(8-11(13)16)10-4-2-3-5-10/h9-10H,2-8H2,1H3,(H2,13,16)(H2,14,18). The van der Waals surface area contributed by atoms with Gasteiger partial charge in [0.2, 0.25) is 5.91 Å². The van der Waals surface area contributed by atoms with Crippen molar-refractivity contribution in [2.45, 2.75) is 44.8 Å². The van der Waals surface area contributed by atoms with Gasteiger partial charge in [0, 0.05) is 12.6 Å². The monoisotopic (exact) mass is 273 g/mol. The Morgan fingerprint density at radius 1 is 1.44 bits per heavy atom. The summed E-state index contributed by atoms with van der Waals surface area (Å²) in [4.78, 5) is 13.5. The number of nitrogens with zero attached hydrogens (tertiary/aromatic N) is 1. The van der Waals surface area contributed by atoms with Gasteiger partial charge in [0.1, 0.15) is 11.1 Å². The van der Waals surface area contributed by atoms with Crippen molar-refractivity contribution in [2.24, 2.45) is 11.5 Å². The number of amides is 1. The van der Waals surface area contributed by atoms with Crippen LogP contribution in [-0.2, 0) is 9.53 Å². The van der Waals surface area contributed by atoms with Crippen LogP contribution in [0.1, 0.15) is 32.6 Å². The van der Waals surface area contributed by atoms with Crippen LogP contribution in [0.5, 0.6) is 0 Å². The van der Waals surface area contributed by atoms with Gasteiger partial charge in [0.15, 0.2) is 0 Å². The van der Waals surface area contributed by atoms with Crippen molar-refractivity contribution in [3.8, 4) is 0 Å². The van der Waals surface area contributed by atoms with Gasteiger partial charge in [-0.2, -0.15) is 0 Å². The van der Waals surface area contributed by atoms with E-state index in [0.29, 0.717) is 30.7 Å². The lowest BCUT2D eigenvalue weighted by molar-refractivity contribution is -0.119. The molecule has 1 fully saturated rings. The van der Waals surface area contributed by atoms with E-state index < -0.39 is 0 Å². The van der Waals surface area contributed by atoms with Crippen molar-refractivity contribution in [1.29, 1.82) is 0 Å². The highest BCUT2D eigenvalue weighted by Crippen LogP contribution is 2.23. The third-order valence-corrected chi connectivity index (χ3v) is 3.68. The fraction of sp³-hybridized carbons (Fsp3) is 0.833. The fourth-order valence-corrected chi connectivity index (χ4v) is 2.36. The molecule has 1 saturated carbocycles. The van der Waals surface area contributed by atoms with Crippen LogP contribution in [0.4, 0.5) is 0 Å². The van der Waals surface area contributed by atoms with E-state index in [2.05, 4.69) is 4.90 Å². The Morgan fingerprint density at radius 3 is 2.56 bits per heavy atom. The zero-order valence-corrected chi connectivity index (χ0v) is 11.7. The van der Waals surface area contributed by atoms with E-state index in [0.717, 1.165) is 12.8 Å². The van der Waals surface area contributed by atoms with Gasteiger partial charge in [-0.3, -0.25) is 9.69 Å². The molecule has 0 aliphatic heterocycles. The molecule has 0 spiro atoms. The van der Waals surface area contributed by atoms with Gasteiger partial charge in [-0.1, -0.05) is 25.1 Å². The first-order valence-electron chi connectivity index (χ1n) is 6.44. The molecule has 0 bridgehead atoms. The average Bonchev–Trinajstić information content (AvgIpc) is 2.80. The van der Waals surface area contributed by atoms with Crippen LogP contribution < -0.4 is 11.5 Å². The van der Waals surface area contributed by atoms with Gasteiger partial charge in [-0.25, -0.2) is 0 Å². The summed E-state index contributed by atoms with van der Waals surface area (Å²) in [6, 6.07) is 0.459. The molecule has 0 heterocycles. The molecule has 0 aromatic heterocycles. The number of primary amides is 1. The van der Waals surface area contributed by atoms with Crippen LogP contribution in [0.15, 0.2) is 0 Å². The van der Waals surface area contributed by atoms with E-state index in [-0.39, 0.29) is 12.0 Å². The van der Waals surface area contributed by atoms with Crippen LogP contribution in [0, 0.1) is 0 Å². The van der Waals surface area contributed by atoms with Crippen molar-refractivity contribution in [2.75, 3.05) is 19.7 Å². The SMILES string of the molecule is CC(OCCN(CC(N)=O)C1CCCC1)C(N)=S. The highest BCUT2D eigenvalue weighted by atomic mass is 32.1. The maximum Gasteiger partial charge on any atom is 0.231 e. The molecule has 0 saturated heterocycles. The fourth-order valence-electron chi connectivity index (χ4n) is 2.29. The molecule has 1 aliphatic carbocycles. The quantitative estimate of drug-likeness (QED) is 0.626. The summed E-state index contributed by atoms with van der Waals surface area (Å²) in [5, 5.41) is 0. The second kappa shape index (κ2) is 7.66. The Labute approximate surface area is 114 Å². The number of ether oxygens (including phenoxy) is 1. The second-order valence-electron chi connectivity index (χ2n) is 4.79. The van der Waals surface area contributed by atoms with Gasteiger partial charge in [-0.05, 0) is 19.8 Å². The molecule has 5 nitrogen and oxygen atoms in total. The third kappa shape index (κ3) is 5.29. The summed E-state index contributed by atoms with van der Waals surface area (Å²) >= 11 is 4.84. The van der Waals surface area contributed by atoms with Crippen LogP contribution in [0.2, 0.25) is 0 Å². The third-order valence-electron chi connectivity index (χ3n) is 3.35. The van der Waals surface area contributed by atoms with Gasteiger partial charge in [0.05, 0.1) is 13.2 Å². The molecule has 1 aliphatic rings. The van der Waals surface area contributed by atoms with E-state index in [1.54, 1.807) is 0 Å². The number of nitrogens with two attached hydrogens (primary N) is 2. The molecule has 104 valence electrons. The van der Waals surface area contributed by atoms with Crippen molar-refractivity contribution in [3.63, 3.8) is 0 Å². The molecule has 1 atom stereocenters. The summed E-state index contributed by atoms with van der Waals surface area (Å²) in [5.74, 6) is -0.288. The molecule has 0 radical (unpaired) electrons. The Hall–Kier alpha value is -0.720. The van der Waals surface area contributed by atoms with Crippen LogP contribution >= 0.6 is 12.2 Å². The highest BCUT2D eigenvalue weighted by Gasteiger charge is 2.23. The molecular weight excluding hydrogens is 250 g/mol. The summed E-state index contributed by atoms with van der Waals surface area (Å²) in [6.45, 7) is 3.34. The predicted octanol–water partition coefficient (Wildman–Crippen LogP) is 0.408. The van der Waals surface area contributed by atoms with Gasteiger partial charge in [-0.15, -0.1) is 0 Å². The lowest BCUT2D eigenvalue weighted by Gasteiger charge is -2.27. The lowest BCUT2D eigenvalue weighted by Crippen LogP contribution is -2.42. The van der Waals surface area contributed by atoms with Crippen molar-refractivity contribution in [1.82, 2.24) is 4.90 Å². The second-order valence-corrected chi connectivity index (χ2v) is 5.26. The maximum atomic E-state index is 11.1. The number of carbonyl (C=O) groups is 1. The lowest BCUT2D eigenvalue weighted by atomic mass is 10.2. The van der Waals surface area contributed by atoms with Crippen LogP contribution in [0.25, 0.3) is 0 Å². The molecule has 1 unspecified atom stereocenters. The predicted molar refractivity (Wildman–Crippen MR) is 75.2 cm³/mol. The first kappa shape index (κ1) is 15.3. The van der Waals surface area contributed by atoms with Gasteiger partial charge in [0.25, 0.3) is 0 Å². The smallest absolute Gasteiger partial charge is 0.231 e. The summed E-state index contributed by atoms with van der Waals surface area (Å²) < 4.78 is 5.52. The first-order valence-corrected chi connectivity index (χ1v) is 6.84. The number of thiocarbonyl (C=S) groups is 1. The molecule has 18 heavy (non-hydrogen) atoms. The van der Waals surface area contributed by atoms with Crippen molar-refractivity contribution >= 4 is 23.1 Å². The minimum atomic E-state index is -0.288. The van der Waals surface area contributed by atoms with E-state index in [1.165, 1.54) is 12.8 Å². The zero-order chi connectivity index (χ0) is 13.5. The Kier molecular flexibility index (Phi) is 6.52. The summed E-state index contributed by atoms with van der Waals surface area (Å²) in [7, 11) is 0. The maximum absolute atomic E-state index is 11.1. The summed E-state index contributed by atoms with van der Waals surface area (Å²) in [6.07, 6.45) is 4.50. The van der Waals surface area contributed by atoms with E-state index in [4.69, 9.17) is 28.4 Å². The molecule has 1 amide bonds. The summed E-state index contributed by atoms with van der Waals surface area (Å²) in [5.41, 5.74) is 10.8. The molecule has 0 aromatic carbocycles. The molecular formula is C12H23N3O2S. The molecule has 4 N–H and O–H groups in total. The first-order chi connectivity index (χ1) is 8.50. The van der Waals surface area contributed by atoms with Crippen LogP contribution in [-0.4, -0.2) is 47.6 Å². The normalized spacial score (nSPS) is 18.1. The molecule has 0 aromatic rings. The average molecular weight is 273 g/mol. The zero-order valence-electron chi connectivity index (χ0n) is 10.9. The van der Waals surface area contributed by atoms with Gasteiger partial charge >= 0.3 is 0 Å². The Bertz CT molecular complexity index is 293. The minimum absolute atomic E-state index is 0.223. The molecule has 1 rings (SSSR count). The molecule has 6 heteroatoms. The van der Waals surface area contributed by atoms with E-state index in [1.807, 2.05) is 6.92 Å². The Morgan fingerprint density at radius 2 is 2.06 bits per heavy atom. The number of carbonyl (C=O) groups excluding carboxylic acids is 1. The highest BCUT2D eigenvalue weighted by molar-refractivity contribution is 7.80. The van der Waals surface area contributed by atoms with Gasteiger partial charge < -0.3 is 16.2 Å². The topological polar surface area (TPSA) is 81.6 Å². The van der Waals surface area contributed by atoms with Crippen molar-refractivity contribution in [3.05, 3.63) is 0 Å². The van der Waals surface area contributed by atoms with E-state index in [9.17, 15) is 4.79 Å². The number of rotatable bonds is 8. The van der Waals surface area contributed by atoms with Crippen LogP contribution in [0.3, 0.4) is 0 Å². The number of hydrogen-bond donors (Lipinski definition) is 2.